The molecule has 1 N–H and O–H groups in total. The number of carbonyl (C=O) groups is 3. The van der Waals surface area contributed by atoms with Crippen molar-refractivity contribution in [2.75, 3.05) is 0 Å². The molecule has 1 aromatic carbocycles. The molecule has 1 unspecified atom stereocenters. The van der Waals surface area contributed by atoms with Gasteiger partial charge in [-0.25, -0.2) is 0 Å². The number of thiocarbonyl (C=S) groups is 1. The number of amides is 3. The summed E-state index contributed by atoms with van der Waals surface area (Å²) in [4.78, 5) is 40.1. The number of nitrogens with zero attached hydrogens (tertiary/aromatic N) is 1. The third-order valence-electron chi connectivity index (χ3n) is 5.54. The highest BCUT2D eigenvalue weighted by atomic mass is 32.1. The van der Waals surface area contributed by atoms with Crippen molar-refractivity contribution in [1.29, 1.82) is 0 Å². The largest absolute Gasteiger partial charge is 0.322 e. The maximum absolute atomic E-state index is 12.8. The van der Waals surface area contributed by atoms with Crippen molar-refractivity contribution >= 4 is 46.1 Å². The van der Waals surface area contributed by atoms with Gasteiger partial charge in [-0.3, -0.25) is 19.7 Å². The zero-order valence-electron chi connectivity index (χ0n) is 16.2. The van der Waals surface area contributed by atoms with Crippen LogP contribution in [0.5, 0.6) is 0 Å². The average molecular weight is 427 g/mol. The first-order chi connectivity index (χ1) is 13.9. The molecule has 0 spiro atoms. The van der Waals surface area contributed by atoms with Crippen molar-refractivity contribution in [2.24, 2.45) is 0 Å². The molecule has 5 nitrogen and oxygen atoms in total. The molecule has 1 saturated heterocycles. The summed E-state index contributed by atoms with van der Waals surface area (Å²) in [7, 11) is 0. The summed E-state index contributed by atoms with van der Waals surface area (Å²) in [6, 6.07) is 7.86. The van der Waals surface area contributed by atoms with Gasteiger partial charge in [-0.15, -0.1) is 11.3 Å². The predicted molar refractivity (Wildman–Crippen MR) is 116 cm³/mol. The molecule has 2 aliphatic rings. The van der Waals surface area contributed by atoms with Crippen LogP contribution in [0.3, 0.4) is 0 Å². The van der Waals surface area contributed by atoms with Crippen molar-refractivity contribution < 1.29 is 14.4 Å². The number of benzene rings is 1. The molecular formula is C22H22N2O3S2. The van der Waals surface area contributed by atoms with Crippen molar-refractivity contribution in [3.8, 4) is 0 Å². The number of thiophene rings is 1. The van der Waals surface area contributed by atoms with E-state index in [-0.39, 0.29) is 24.1 Å². The molecule has 2 aromatic rings. The summed E-state index contributed by atoms with van der Waals surface area (Å²) < 4.78 is 0. The number of hydrogen-bond donors (Lipinski definition) is 1. The number of aryl methyl sites for hydroxylation is 2. The normalized spacial score (nSPS) is 18.7. The third-order valence-corrected chi connectivity index (χ3v) is 6.98. The number of carbonyl (C=O) groups excluding carboxylic acids is 3. The van der Waals surface area contributed by atoms with Gasteiger partial charge in [-0.1, -0.05) is 42.0 Å². The fourth-order valence-corrected chi connectivity index (χ4v) is 5.20. The van der Waals surface area contributed by atoms with E-state index in [0.717, 1.165) is 34.6 Å². The summed E-state index contributed by atoms with van der Waals surface area (Å²) in [5.74, 6) is -0.752. The van der Waals surface area contributed by atoms with E-state index in [1.807, 2.05) is 5.38 Å². The van der Waals surface area contributed by atoms with Crippen LogP contribution in [0.25, 0.3) is 0 Å². The van der Waals surface area contributed by atoms with Crippen molar-refractivity contribution in [3.05, 3.63) is 56.8 Å². The van der Waals surface area contributed by atoms with Crippen LogP contribution in [0.4, 0.5) is 0 Å². The molecule has 150 valence electrons. The number of imide groups is 1. The van der Waals surface area contributed by atoms with Crippen LogP contribution in [-0.2, 0) is 29.0 Å². The fourth-order valence-electron chi connectivity index (χ4n) is 3.89. The summed E-state index contributed by atoms with van der Waals surface area (Å²) in [5.41, 5.74) is 4.16. The van der Waals surface area contributed by atoms with Crippen molar-refractivity contribution in [1.82, 2.24) is 10.2 Å². The quantitative estimate of drug-likeness (QED) is 0.568. The van der Waals surface area contributed by atoms with Gasteiger partial charge in [0.05, 0.1) is 5.56 Å². The summed E-state index contributed by atoms with van der Waals surface area (Å²) in [6.07, 6.45) is 3.04. The van der Waals surface area contributed by atoms with Gasteiger partial charge in [0.2, 0.25) is 11.8 Å². The summed E-state index contributed by atoms with van der Waals surface area (Å²) in [5, 5.41) is 4.23. The maximum atomic E-state index is 12.8. The minimum absolute atomic E-state index is 0.112. The van der Waals surface area contributed by atoms with Gasteiger partial charge >= 0.3 is 0 Å². The van der Waals surface area contributed by atoms with Crippen LogP contribution in [0.15, 0.2) is 29.6 Å². The Hall–Kier alpha value is -2.38. The Bertz CT molecular complexity index is 994. The van der Waals surface area contributed by atoms with Gasteiger partial charge in [0, 0.05) is 29.6 Å². The van der Waals surface area contributed by atoms with Crippen LogP contribution in [0.1, 0.15) is 51.2 Å². The Morgan fingerprint density at radius 1 is 1.24 bits per heavy atom. The monoisotopic (exact) mass is 426 g/mol. The molecule has 3 heterocycles. The Labute approximate surface area is 179 Å². The van der Waals surface area contributed by atoms with E-state index in [1.54, 1.807) is 16.2 Å². The fraction of sp³-hybridized carbons (Fsp3) is 0.364. The highest BCUT2D eigenvalue weighted by molar-refractivity contribution is 7.80. The van der Waals surface area contributed by atoms with Crippen LogP contribution in [0, 0.1) is 6.92 Å². The Morgan fingerprint density at radius 3 is 2.72 bits per heavy atom. The Balaban J connectivity index is 1.39. The van der Waals surface area contributed by atoms with Gasteiger partial charge in [0.25, 0.3) is 5.91 Å². The highest BCUT2D eigenvalue weighted by Crippen LogP contribution is 2.34. The van der Waals surface area contributed by atoms with Crippen LogP contribution in [0.2, 0.25) is 0 Å². The molecule has 0 aliphatic carbocycles. The lowest BCUT2D eigenvalue weighted by Gasteiger charge is -2.29. The first-order valence-corrected chi connectivity index (χ1v) is 11.0. The molecule has 0 saturated carbocycles. The first-order valence-electron chi connectivity index (χ1n) is 9.73. The van der Waals surface area contributed by atoms with Gasteiger partial charge in [-0.2, -0.15) is 0 Å². The van der Waals surface area contributed by atoms with Gasteiger partial charge in [0.15, 0.2) is 0 Å². The molecule has 3 amide bonds. The summed E-state index contributed by atoms with van der Waals surface area (Å²) in [6.45, 7) is 2.50. The molecule has 0 bridgehead atoms. The van der Waals surface area contributed by atoms with Crippen LogP contribution < -0.4 is 5.32 Å². The lowest BCUT2D eigenvalue weighted by molar-refractivity contribution is -0.136. The maximum Gasteiger partial charge on any atom is 0.256 e. The molecule has 7 heteroatoms. The van der Waals surface area contributed by atoms with E-state index in [9.17, 15) is 14.4 Å². The Kier molecular flexibility index (Phi) is 5.61. The number of nitrogens with one attached hydrogen (secondary N) is 1. The molecule has 0 radical (unpaired) electrons. The van der Waals surface area contributed by atoms with Gasteiger partial charge in [0.1, 0.15) is 6.04 Å². The molecule has 1 aromatic heterocycles. The highest BCUT2D eigenvalue weighted by Gasteiger charge is 2.40. The second kappa shape index (κ2) is 8.16. The number of fused-ring (bicyclic) bond motifs is 1. The molecule has 2 aliphatic heterocycles. The number of hydrogen-bond acceptors (Lipinski definition) is 5. The zero-order chi connectivity index (χ0) is 20.5. The topological polar surface area (TPSA) is 66.5 Å². The lowest BCUT2D eigenvalue weighted by atomic mass is 10.0. The molecular weight excluding hydrogens is 404 g/mol. The molecule has 1 atom stereocenters. The van der Waals surface area contributed by atoms with Crippen molar-refractivity contribution in [2.45, 2.75) is 51.6 Å². The third kappa shape index (κ3) is 4.16. The Morgan fingerprint density at radius 2 is 2.00 bits per heavy atom. The van der Waals surface area contributed by atoms with E-state index in [0.29, 0.717) is 18.5 Å². The minimum Gasteiger partial charge on any atom is -0.322 e. The van der Waals surface area contributed by atoms with Gasteiger partial charge < -0.3 is 4.90 Å². The number of rotatable bonds is 6. The van der Waals surface area contributed by atoms with E-state index in [1.165, 1.54) is 11.1 Å². The predicted octanol–water partition coefficient (Wildman–Crippen LogP) is 3.36. The van der Waals surface area contributed by atoms with Crippen LogP contribution >= 0.6 is 23.6 Å². The van der Waals surface area contributed by atoms with Crippen molar-refractivity contribution in [3.63, 3.8) is 0 Å². The SMILES string of the molecule is Cc1ccc(CC(=S)CCc2scc3c2CN(C2CCC(=O)NC2=O)C3=O)cc1. The second-order valence-electron chi connectivity index (χ2n) is 7.65. The standard InChI is InChI=1S/C22H22N2O3S2/c1-13-2-4-14(5-3-13)10-15(28)6-8-19-16-11-24(22(27)17(16)12-29-19)18-7-9-20(25)23-21(18)26/h2-5,12,18H,6-11H2,1H3,(H,23,25,26). The van der Waals surface area contributed by atoms with E-state index >= 15 is 0 Å². The smallest absolute Gasteiger partial charge is 0.256 e. The number of piperidine rings is 1. The van der Waals surface area contributed by atoms with Crippen LogP contribution in [-0.4, -0.2) is 33.5 Å². The minimum atomic E-state index is -0.562. The average Bonchev–Trinajstić information content (AvgIpc) is 3.22. The lowest BCUT2D eigenvalue weighted by Crippen LogP contribution is -2.52. The molecule has 4 rings (SSSR count). The van der Waals surface area contributed by atoms with E-state index in [4.69, 9.17) is 12.2 Å². The molecule has 29 heavy (non-hydrogen) atoms. The van der Waals surface area contributed by atoms with E-state index < -0.39 is 6.04 Å². The van der Waals surface area contributed by atoms with Gasteiger partial charge in [-0.05, 0) is 42.2 Å². The second-order valence-corrected chi connectivity index (χ2v) is 9.19. The van der Waals surface area contributed by atoms with E-state index in [2.05, 4.69) is 36.5 Å². The summed E-state index contributed by atoms with van der Waals surface area (Å²) >= 11 is 7.18. The molecule has 1 fully saturated rings. The first kappa shape index (κ1) is 19.9. The zero-order valence-corrected chi connectivity index (χ0v) is 17.8.